The average Bonchev–Trinajstić information content (AvgIpc) is 3.27. The van der Waals surface area contributed by atoms with Crippen molar-refractivity contribution in [1.29, 1.82) is 0 Å². The van der Waals surface area contributed by atoms with Crippen molar-refractivity contribution in [3.05, 3.63) is 60.6 Å². The van der Waals surface area contributed by atoms with Crippen LogP contribution in [0.4, 0.5) is 0 Å². The standard InChI is InChI=1S/C16H13N3O5/c1-22-10-2-4-11(5-3-10)24-14-6-7-23-15(14)12(20)8-13(21)16-17-9-18-19-16/h2-9,21H,1H3,(H,17,18,19). The van der Waals surface area contributed by atoms with Crippen LogP contribution in [-0.2, 0) is 0 Å². The maximum absolute atomic E-state index is 12.2. The van der Waals surface area contributed by atoms with E-state index in [1.165, 1.54) is 18.7 Å². The highest BCUT2D eigenvalue weighted by molar-refractivity contribution is 6.07. The highest BCUT2D eigenvalue weighted by Crippen LogP contribution is 2.28. The van der Waals surface area contributed by atoms with Gasteiger partial charge in [-0.05, 0) is 24.3 Å². The molecule has 0 aliphatic rings. The minimum absolute atomic E-state index is 0.0446. The lowest BCUT2D eigenvalue weighted by molar-refractivity contribution is 0.101. The second kappa shape index (κ2) is 6.69. The summed E-state index contributed by atoms with van der Waals surface area (Å²) in [5.41, 5.74) is 0. The van der Waals surface area contributed by atoms with Gasteiger partial charge in [0.25, 0.3) is 0 Å². The topological polar surface area (TPSA) is 110 Å². The lowest BCUT2D eigenvalue weighted by Gasteiger charge is -2.05. The molecule has 0 aliphatic heterocycles. The zero-order valence-electron chi connectivity index (χ0n) is 12.6. The smallest absolute Gasteiger partial charge is 0.228 e. The molecule has 2 heterocycles. The minimum atomic E-state index is -0.572. The molecule has 3 rings (SSSR count). The number of aromatic nitrogens is 3. The summed E-state index contributed by atoms with van der Waals surface area (Å²) in [6.45, 7) is 0. The van der Waals surface area contributed by atoms with Crippen LogP contribution < -0.4 is 9.47 Å². The van der Waals surface area contributed by atoms with Crippen LogP contribution in [0.15, 0.2) is 53.4 Å². The summed E-state index contributed by atoms with van der Waals surface area (Å²) in [5, 5.41) is 15.9. The van der Waals surface area contributed by atoms with Gasteiger partial charge in [0.05, 0.1) is 13.4 Å². The highest BCUT2D eigenvalue weighted by atomic mass is 16.5. The largest absolute Gasteiger partial charge is 0.504 e. The molecule has 0 unspecified atom stereocenters. The van der Waals surface area contributed by atoms with Gasteiger partial charge in [0, 0.05) is 12.1 Å². The lowest BCUT2D eigenvalue weighted by Crippen LogP contribution is -1.98. The van der Waals surface area contributed by atoms with Gasteiger partial charge in [0.2, 0.25) is 11.5 Å². The second-order valence-electron chi connectivity index (χ2n) is 4.62. The zero-order valence-corrected chi connectivity index (χ0v) is 12.6. The van der Waals surface area contributed by atoms with E-state index < -0.39 is 5.78 Å². The Kier molecular flexibility index (Phi) is 4.28. The number of ether oxygens (including phenoxy) is 2. The number of nitrogens with one attached hydrogen (secondary N) is 1. The molecule has 8 heteroatoms. The van der Waals surface area contributed by atoms with Crippen LogP contribution >= 0.6 is 0 Å². The van der Waals surface area contributed by atoms with Gasteiger partial charge in [-0.1, -0.05) is 0 Å². The molecule has 0 bridgehead atoms. The number of hydrogen-bond donors (Lipinski definition) is 2. The van der Waals surface area contributed by atoms with Crippen LogP contribution in [0.5, 0.6) is 17.2 Å². The molecule has 1 aromatic carbocycles. The first kappa shape index (κ1) is 15.3. The molecule has 0 spiro atoms. The van der Waals surface area contributed by atoms with Crippen LogP contribution in [0.25, 0.3) is 5.76 Å². The van der Waals surface area contributed by atoms with Crippen LogP contribution in [-0.4, -0.2) is 33.2 Å². The van der Waals surface area contributed by atoms with E-state index in [1.54, 1.807) is 31.4 Å². The number of nitrogens with zero attached hydrogens (tertiary/aromatic N) is 2. The predicted molar refractivity (Wildman–Crippen MR) is 83.1 cm³/mol. The molecule has 122 valence electrons. The van der Waals surface area contributed by atoms with Gasteiger partial charge in [-0.25, -0.2) is 4.98 Å². The number of aliphatic hydroxyl groups excluding tert-OH is 1. The monoisotopic (exact) mass is 327 g/mol. The van der Waals surface area contributed by atoms with Crippen molar-refractivity contribution in [2.75, 3.05) is 7.11 Å². The first-order valence-electron chi connectivity index (χ1n) is 6.87. The minimum Gasteiger partial charge on any atom is -0.504 e. The van der Waals surface area contributed by atoms with Crippen molar-refractivity contribution in [1.82, 2.24) is 15.2 Å². The van der Waals surface area contributed by atoms with E-state index in [0.717, 1.165) is 6.08 Å². The van der Waals surface area contributed by atoms with Crippen LogP contribution in [0, 0.1) is 0 Å². The highest BCUT2D eigenvalue weighted by Gasteiger charge is 2.17. The van der Waals surface area contributed by atoms with Crippen LogP contribution in [0.3, 0.4) is 0 Å². The summed E-state index contributed by atoms with van der Waals surface area (Å²) < 4.78 is 15.9. The Labute approximate surface area is 136 Å². The average molecular weight is 327 g/mol. The Bertz CT molecular complexity index is 850. The van der Waals surface area contributed by atoms with Crippen LogP contribution in [0.2, 0.25) is 0 Å². The van der Waals surface area contributed by atoms with E-state index in [0.29, 0.717) is 11.5 Å². The van der Waals surface area contributed by atoms with Crippen molar-refractivity contribution in [3.63, 3.8) is 0 Å². The number of ketones is 1. The molecule has 8 nitrogen and oxygen atoms in total. The normalized spacial score (nSPS) is 11.3. The Morgan fingerprint density at radius 3 is 2.67 bits per heavy atom. The number of aromatic amines is 1. The second-order valence-corrected chi connectivity index (χ2v) is 4.62. The maximum Gasteiger partial charge on any atom is 0.228 e. The molecular formula is C16H13N3O5. The number of furan rings is 1. The molecule has 0 amide bonds. The Hall–Kier alpha value is -3.55. The number of rotatable bonds is 6. The van der Waals surface area contributed by atoms with E-state index in [4.69, 9.17) is 13.9 Å². The molecule has 0 atom stereocenters. The predicted octanol–water partition coefficient (Wildman–Crippen LogP) is 2.98. The fourth-order valence-corrected chi connectivity index (χ4v) is 1.92. The Morgan fingerprint density at radius 2 is 2.00 bits per heavy atom. The van der Waals surface area contributed by atoms with Crippen molar-refractivity contribution >= 4 is 11.5 Å². The van der Waals surface area contributed by atoms with E-state index >= 15 is 0 Å². The number of hydrogen-bond acceptors (Lipinski definition) is 7. The zero-order chi connectivity index (χ0) is 16.9. The summed E-state index contributed by atoms with van der Waals surface area (Å²) in [7, 11) is 1.57. The fraction of sp³-hybridized carbons (Fsp3) is 0.0625. The van der Waals surface area contributed by atoms with Crippen LogP contribution in [0.1, 0.15) is 16.4 Å². The van der Waals surface area contributed by atoms with Gasteiger partial charge in [-0.3, -0.25) is 9.89 Å². The number of allylic oxidation sites excluding steroid dienone is 1. The third-order valence-electron chi connectivity index (χ3n) is 3.07. The van der Waals surface area contributed by atoms with Crippen molar-refractivity contribution in [3.8, 4) is 17.2 Å². The van der Waals surface area contributed by atoms with Gasteiger partial charge in [0.1, 0.15) is 17.8 Å². The third-order valence-corrected chi connectivity index (χ3v) is 3.07. The summed E-state index contributed by atoms with van der Waals surface area (Å²) in [6.07, 6.45) is 3.51. The van der Waals surface area contributed by atoms with E-state index in [2.05, 4.69) is 15.2 Å². The number of methoxy groups -OCH3 is 1. The number of carbonyl (C=O) groups is 1. The van der Waals surface area contributed by atoms with Crippen molar-refractivity contribution in [2.45, 2.75) is 0 Å². The van der Waals surface area contributed by atoms with E-state index in [-0.39, 0.29) is 23.1 Å². The summed E-state index contributed by atoms with van der Waals surface area (Å²) >= 11 is 0. The molecule has 3 aromatic rings. The molecular weight excluding hydrogens is 314 g/mol. The lowest BCUT2D eigenvalue weighted by atomic mass is 10.2. The quantitative estimate of drug-likeness (QED) is 0.407. The number of carbonyl (C=O) groups excluding carboxylic acids is 1. The van der Waals surface area contributed by atoms with Gasteiger partial charge >= 0.3 is 0 Å². The third kappa shape index (κ3) is 3.27. The molecule has 0 fully saturated rings. The van der Waals surface area contributed by atoms with Crippen molar-refractivity contribution < 1.29 is 23.8 Å². The Morgan fingerprint density at radius 1 is 1.25 bits per heavy atom. The summed E-state index contributed by atoms with van der Waals surface area (Å²) in [6, 6.07) is 8.36. The number of H-pyrrole nitrogens is 1. The molecule has 2 aromatic heterocycles. The molecule has 0 aliphatic carbocycles. The van der Waals surface area contributed by atoms with Gasteiger partial charge in [0.15, 0.2) is 17.3 Å². The van der Waals surface area contributed by atoms with E-state index in [1.807, 2.05) is 0 Å². The number of benzene rings is 1. The molecule has 0 saturated heterocycles. The SMILES string of the molecule is COc1ccc(Oc2ccoc2C(=O)C=C(O)c2ncn[nH]2)cc1. The molecule has 0 saturated carbocycles. The fourth-order valence-electron chi connectivity index (χ4n) is 1.92. The van der Waals surface area contributed by atoms with Crippen molar-refractivity contribution in [2.24, 2.45) is 0 Å². The molecule has 24 heavy (non-hydrogen) atoms. The van der Waals surface area contributed by atoms with Gasteiger partial charge in [-0.15, -0.1) is 0 Å². The molecule has 2 N–H and O–H groups in total. The first-order valence-corrected chi connectivity index (χ1v) is 6.87. The van der Waals surface area contributed by atoms with Gasteiger partial charge < -0.3 is 19.0 Å². The Balaban J connectivity index is 1.79. The summed E-state index contributed by atoms with van der Waals surface area (Å²) in [5.74, 6) is 0.526. The van der Waals surface area contributed by atoms with Gasteiger partial charge in [-0.2, -0.15) is 5.10 Å². The first-order chi connectivity index (χ1) is 11.7. The maximum atomic E-state index is 12.2. The number of aliphatic hydroxyl groups is 1. The molecule has 0 radical (unpaired) electrons. The van der Waals surface area contributed by atoms with E-state index in [9.17, 15) is 9.90 Å². The summed E-state index contributed by atoms with van der Waals surface area (Å²) in [4.78, 5) is 16.0.